The lowest BCUT2D eigenvalue weighted by atomic mass is 9.62. The van der Waals surface area contributed by atoms with Crippen LogP contribution in [0.1, 0.15) is 46.0 Å². The Hall–Kier alpha value is -0.160. The highest BCUT2D eigenvalue weighted by Gasteiger charge is 2.48. The summed E-state index contributed by atoms with van der Waals surface area (Å²) in [5.41, 5.74) is 0.238. The largest absolute Gasteiger partial charge is 0.376 e. The van der Waals surface area contributed by atoms with Gasteiger partial charge in [-0.25, -0.2) is 0 Å². The van der Waals surface area contributed by atoms with Gasteiger partial charge in [-0.15, -0.1) is 3.89 Å². The second kappa shape index (κ2) is 4.19. The lowest BCUT2D eigenvalue weighted by Crippen LogP contribution is -2.40. The molecule has 1 aliphatic heterocycles. The predicted octanol–water partition coefficient (Wildman–Crippen LogP) is 2.66. The Bertz CT molecular complexity index is 379. The van der Waals surface area contributed by atoms with Crippen LogP contribution in [0.5, 0.6) is 0 Å². The first kappa shape index (κ1) is 13.3. The Balaban J connectivity index is 2.09. The molecule has 1 spiro atoms. The number of ether oxygens (including phenoxy) is 1. The molecule has 1 saturated heterocycles. The van der Waals surface area contributed by atoms with E-state index >= 15 is 0 Å². The lowest BCUT2D eigenvalue weighted by Gasteiger charge is -2.43. The first-order valence-electron chi connectivity index (χ1n) is 6.27. The van der Waals surface area contributed by atoms with Crippen molar-refractivity contribution in [2.24, 2.45) is 10.8 Å². The van der Waals surface area contributed by atoms with Crippen LogP contribution in [0.25, 0.3) is 0 Å². The Kier molecular flexibility index (Phi) is 3.28. The van der Waals surface area contributed by atoms with E-state index in [1.807, 2.05) is 0 Å². The Morgan fingerprint density at radius 3 is 2.29 bits per heavy atom. The summed E-state index contributed by atoms with van der Waals surface area (Å²) in [5.74, 6) is -0.465. The van der Waals surface area contributed by atoms with Crippen molar-refractivity contribution in [1.29, 1.82) is 0 Å². The molecule has 0 aromatic heterocycles. The van der Waals surface area contributed by atoms with Gasteiger partial charge in [-0.2, -0.15) is 8.42 Å². The average molecular weight is 264 g/mol. The molecular weight excluding hydrogens is 243 g/mol. The Labute approximate surface area is 103 Å². The van der Waals surface area contributed by atoms with Crippen molar-refractivity contribution in [1.82, 2.24) is 0 Å². The minimum absolute atomic E-state index is 0.0886. The highest BCUT2D eigenvalue weighted by molar-refractivity contribution is 7.86. The summed E-state index contributed by atoms with van der Waals surface area (Å²) in [5, 5.41) is 0. The third kappa shape index (κ3) is 2.99. The molecule has 1 heterocycles. The van der Waals surface area contributed by atoms with Crippen molar-refractivity contribution in [3.8, 4) is 0 Å². The molecule has 1 atom stereocenters. The topological polar surface area (TPSA) is 43.4 Å². The van der Waals surface area contributed by atoms with Crippen molar-refractivity contribution in [2.45, 2.75) is 52.1 Å². The zero-order valence-corrected chi connectivity index (χ0v) is 11.4. The molecule has 1 unspecified atom stereocenters. The van der Waals surface area contributed by atoms with E-state index in [1.54, 1.807) is 0 Å². The fourth-order valence-corrected chi connectivity index (χ4v) is 3.96. The van der Waals surface area contributed by atoms with Crippen LogP contribution in [0.4, 0.5) is 3.89 Å². The third-order valence-electron chi connectivity index (χ3n) is 4.55. The Morgan fingerprint density at radius 2 is 1.76 bits per heavy atom. The highest BCUT2D eigenvalue weighted by Crippen LogP contribution is 2.52. The quantitative estimate of drug-likeness (QED) is 0.720. The average Bonchev–Trinajstić information content (AvgIpc) is 2.53. The Morgan fingerprint density at radius 1 is 1.18 bits per heavy atom. The van der Waals surface area contributed by atoms with Gasteiger partial charge in [0.25, 0.3) is 0 Å². The van der Waals surface area contributed by atoms with Gasteiger partial charge in [0.2, 0.25) is 0 Å². The predicted molar refractivity (Wildman–Crippen MR) is 63.9 cm³/mol. The number of hydrogen-bond acceptors (Lipinski definition) is 3. The van der Waals surface area contributed by atoms with E-state index in [-0.39, 0.29) is 5.41 Å². The summed E-state index contributed by atoms with van der Waals surface area (Å²) in [6.07, 6.45) is 4.50. The number of hydrogen-bond donors (Lipinski definition) is 0. The fraction of sp³-hybridized carbons (Fsp3) is 1.00. The molecule has 17 heavy (non-hydrogen) atoms. The smallest absolute Gasteiger partial charge is 0.304 e. The molecule has 0 N–H and O–H groups in total. The van der Waals surface area contributed by atoms with E-state index in [0.29, 0.717) is 12.0 Å². The zero-order chi connectivity index (χ0) is 12.7. The minimum atomic E-state index is -4.44. The zero-order valence-electron chi connectivity index (χ0n) is 10.5. The van der Waals surface area contributed by atoms with E-state index in [2.05, 4.69) is 13.8 Å². The summed E-state index contributed by atoms with van der Waals surface area (Å²) in [4.78, 5) is 0. The lowest BCUT2D eigenvalue weighted by molar-refractivity contribution is 0.0190. The van der Waals surface area contributed by atoms with Crippen molar-refractivity contribution in [3.63, 3.8) is 0 Å². The monoisotopic (exact) mass is 264 g/mol. The molecule has 0 radical (unpaired) electrons. The molecule has 2 rings (SSSR count). The number of rotatable bonds is 2. The maximum absolute atomic E-state index is 12.8. The highest BCUT2D eigenvalue weighted by atomic mass is 32.3. The molecule has 5 heteroatoms. The maximum Gasteiger partial charge on any atom is 0.304 e. The van der Waals surface area contributed by atoms with E-state index in [0.717, 1.165) is 32.1 Å². The summed E-state index contributed by atoms with van der Waals surface area (Å²) in [6.45, 7) is 5.04. The van der Waals surface area contributed by atoms with E-state index < -0.39 is 22.1 Å². The molecule has 0 amide bonds. The van der Waals surface area contributed by atoms with Crippen LogP contribution in [-0.2, 0) is 15.0 Å². The SMILES string of the molecule is CC1(C)CCC2(CCOC2CS(=O)(=O)F)CC1. The van der Waals surface area contributed by atoms with Crippen LogP contribution < -0.4 is 0 Å². The van der Waals surface area contributed by atoms with Gasteiger partial charge in [0.05, 0.1) is 6.10 Å². The van der Waals surface area contributed by atoms with E-state index in [4.69, 9.17) is 4.74 Å². The van der Waals surface area contributed by atoms with Gasteiger partial charge in [-0.05, 0) is 42.9 Å². The second-order valence-corrected chi connectivity index (χ2v) is 7.75. The van der Waals surface area contributed by atoms with Crippen LogP contribution in [-0.4, -0.2) is 26.9 Å². The van der Waals surface area contributed by atoms with Gasteiger partial charge < -0.3 is 4.74 Å². The first-order chi connectivity index (χ1) is 7.73. The molecule has 1 aliphatic carbocycles. The van der Waals surface area contributed by atoms with Crippen molar-refractivity contribution in [3.05, 3.63) is 0 Å². The van der Waals surface area contributed by atoms with Gasteiger partial charge in [0.1, 0.15) is 5.75 Å². The summed E-state index contributed by atoms with van der Waals surface area (Å²) < 4.78 is 39.9. The van der Waals surface area contributed by atoms with Crippen LogP contribution >= 0.6 is 0 Å². The third-order valence-corrected chi connectivity index (χ3v) is 5.25. The molecule has 0 bridgehead atoms. The van der Waals surface area contributed by atoms with Crippen LogP contribution in [0.2, 0.25) is 0 Å². The normalized spacial score (nSPS) is 31.8. The summed E-state index contributed by atoms with van der Waals surface area (Å²) >= 11 is 0. The fourth-order valence-electron chi connectivity index (χ4n) is 3.14. The second-order valence-electron chi connectivity index (χ2n) is 6.34. The summed E-state index contributed by atoms with van der Waals surface area (Å²) in [6, 6.07) is 0. The molecule has 100 valence electrons. The maximum atomic E-state index is 12.8. The minimum Gasteiger partial charge on any atom is -0.376 e. The van der Waals surface area contributed by atoms with Gasteiger partial charge in [0.15, 0.2) is 0 Å². The summed E-state index contributed by atoms with van der Waals surface area (Å²) in [7, 11) is -4.44. The standard InChI is InChI=1S/C12H21FO3S/c1-11(2)3-5-12(6-4-11)7-8-16-10(12)9-17(13,14)15/h10H,3-9H2,1-2H3. The van der Waals surface area contributed by atoms with Crippen LogP contribution in [0.3, 0.4) is 0 Å². The van der Waals surface area contributed by atoms with Gasteiger partial charge in [-0.3, -0.25) is 0 Å². The molecule has 0 aromatic rings. The van der Waals surface area contributed by atoms with Gasteiger partial charge >= 0.3 is 10.2 Å². The molecule has 2 fully saturated rings. The van der Waals surface area contributed by atoms with E-state index in [1.165, 1.54) is 0 Å². The molecule has 1 saturated carbocycles. The first-order valence-corrected chi connectivity index (χ1v) is 7.82. The molecule has 0 aromatic carbocycles. The van der Waals surface area contributed by atoms with Gasteiger partial charge in [-0.1, -0.05) is 13.8 Å². The molecular formula is C12H21FO3S. The molecule has 2 aliphatic rings. The van der Waals surface area contributed by atoms with Crippen molar-refractivity contribution >= 4 is 10.2 Å². The van der Waals surface area contributed by atoms with Crippen molar-refractivity contribution in [2.75, 3.05) is 12.4 Å². The van der Waals surface area contributed by atoms with Crippen LogP contribution in [0.15, 0.2) is 0 Å². The van der Waals surface area contributed by atoms with E-state index in [9.17, 15) is 12.3 Å². The number of halogens is 1. The molecule has 3 nitrogen and oxygen atoms in total. The van der Waals surface area contributed by atoms with Crippen LogP contribution in [0, 0.1) is 10.8 Å². The van der Waals surface area contributed by atoms with Gasteiger partial charge in [0, 0.05) is 6.61 Å². The van der Waals surface area contributed by atoms with Crippen molar-refractivity contribution < 1.29 is 17.0 Å².